The zero-order valence-electron chi connectivity index (χ0n) is 3.90. The molecule has 8 heavy (non-hydrogen) atoms. The molecule has 0 aromatic heterocycles. The maximum absolute atomic E-state index is 9.94. The molecule has 1 N–H and O–H groups in total. The van der Waals surface area contributed by atoms with Gasteiger partial charge in [-0.25, -0.2) is 4.79 Å². The molecule has 1 aliphatic heterocycles. The molecular formula is C4H3N2O2+. The predicted octanol–water partition coefficient (Wildman–Crippen LogP) is -0.284. The number of nitrogens with zero attached hydrogens (tertiary/aromatic N) is 2. The van der Waals surface area contributed by atoms with Crippen molar-refractivity contribution in [1.82, 2.24) is 0 Å². The van der Waals surface area contributed by atoms with Crippen LogP contribution in [0.25, 0.3) is 0 Å². The van der Waals surface area contributed by atoms with Gasteiger partial charge in [-0.15, -0.1) is 0 Å². The van der Waals surface area contributed by atoms with E-state index in [4.69, 9.17) is 5.11 Å². The summed E-state index contributed by atoms with van der Waals surface area (Å²) in [6.45, 7) is 0. The lowest BCUT2D eigenvalue weighted by Crippen LogP contribution is -2.02. The fraction of sp³-hybridized carbons (Fsp3) is 0. The molecule has 0 atom stereocenters. The van der Waals surface area contributed by atoms with Gasteiger partial charge in [0.05, 0.1) is 0 Å². The Morgan fingerprint density at radius 3 is 2.25 bits per heavy atom. The number of carboxylic acids is 1. The molecule has 0 bridgehead atoms. The second kappa shape index (κ2) is 1.65. The number of carbonyl (C=O) groups is 1. The molecule has 0 aromatic rings. The second-order valence-corrected chi connectivity index (χ2v) is 1.19. The monoisotopic (exact) mass is 111 g/mol. The van der Waals surface area contributed by atoms with E-state index in [0.29, 0.717) is 0 Å². The van der Waals surface area contributed by atoms with Gasteiger partial charge < -0.3 is 5.11 Å². The summed E-state index contributed by atoms with van der Waals surface area (Å²) in [7, 11) is 0. The van der Waals surface area contributed by atoms with E-state index in [-0.39, 0.29) is 6.17 Å². The van der Waals surface area contributed by atoms with Crippen LogP contribution < -0.4 is 0 Å². The van der Waals surface area contributed by atoms with Gasteiger partial charge in [0.1, 0.15) is 0 Å². The third-order valence-corrected chi connectivity index (χ3v) is 0.652. The Morgan fingerprint density at radius 2 is 2.00 bits per heavy atom. The number of aliphatic carboxylic acids is 1. The van der Waals surface area contributed by atoms with Gasteiger partial charge in [-0.05, 0) is 0 Å². The quantitative estimate of drug-likeness (QED) is 0.473. The third-order valence-electron chi connectivity index (χ3n) is 0.652. The molecule has 0 saturated heterocycles. The van der Waals surface area contributed by atoms with Crippen LogP contribution in [0.4, 0.5) is 0 Å². The molecule has 0 saturated carbocycles. The van der Waals surface area contributed by atoms with E-state index in [2.05, 4.69) is 9.98 Å². The molecule has 1 heterocycles. The molecular weight excluding hydrogens is 108 g/mol. The van der Waals surface area contributed by atoms with E-state index in [1.807, 2.05) is 0 Å². The first-order chi connectivity index (χ1) is 3.80. The van der Waals surface area contributed by atoms with Crippen molar-refractivity contribution in [1.29, 1.82) is 0 Å². The van der Waals surface area contributed by atoms with E-state index in [1.165, 1.54) is 12.4 Å². The van der Waals surface area contributed by atoms with Gasteiger partial charge in [0, 0.05) is 0 Å². The summed E-state index contributed by atoms with van der Waals surface area (Å²) in [4.78, 5) is 16.7. The van der Waals surface area contributed by atoms with Crippen LogP contribution in [0.3, 0.4) is 0 Å². The summed E-state index contributed by atoms with van der Waals surface area (Å²) < 4.78 is 0. The molecule has 4 heteroatoms. The Morgan fingerprint density at radius 1 is 1.50 bits per heavy atom. The van der Waals surface area contributed by atoms with Gasteiger partial charge in [0.25, 0.3) is 0 Å². The first kappa shape index (κ1) is 4.83. The van der Waals surface area contributed by atoms with Crippen molar-refractivity contribution in [3.63, 3.8) is 0 Å². The van der Waals surface area contributed by atoms with E-state index in [0.717, 1.165) is 0 Å². The Labute approximate surface area is 45.6 Å². The second-order valence-electron chi connectivity index (χ2n) is 1.19. The molecule has 4 nitrogen and oxygen atoms in total. The summed E-state index contributed by atoms with van der Waals surface area (Å²) in [5.74, 6) is -1.09. The highest BCUT2D eigenvalue weighted by Crippen LogP contribution is 2.04. The largest absolute Gasteiger partial charge is 0.465 e. The van der Waals surface area contributed by atoms with Gasteiger partial charge in [0.2, 0.25) is 0 Å². The number of aliphatic imine (C=N–C) groups is 2. The van der Waals surface area contributed by atoms with E-state index >= 15 is 0 Å². The van der Waals surface area contributed by atoms with Crippen molar-refractivity contribution in [2.24, 2.45) is 9.98 Å². The van der Waals surface area contributed by atoms with Crippen molar-refractivity contribution in [2.45, 2.75) is 0 Å². The number of rotatable bonds is 1. The minimum absolute atomic E-state index is 0.148. The van der Waals surface area contributed by atoms with Crippen LogP contribution in [0.5, 0.6) is 0 Å². The van der Waals surface area contributed by atoms with Gasteiger partial charge in [-0.1, -0.05) is 9.98 Å². The molecule has 0 aromatic carbocycles. The van der Waals surface area contributed by atoms with Crippen molar-refractivity contribution >= 4 is 18.4 Å². The van der Waals surface area contributed by atoms with E-state index in [9.17, 15) is 4.79 Å². The van der Waals surface area contributed by atoms with Gasteiger partial charge in [-0.2, -0.15) is 0 Å². The number of carboxylic acid groups (broad SMARTS) is 1. The van der Waals surface area contributed by atoms with Gasteiger partial charge >= 0.3 is 12.1 Å². The maximum atomic E-state index is 9.94. The van der Waals surface area contributed by atoms with Crippen LogP contribution in [0, 0.1) is 6.17 Å². The average Bonchev–Trinajstić information content (AvgIpc) is 2.12. The minimum atomic E-state index is -1.09. The minimum Gasteiger partial charge on any atom is -0.465 e. The molecule has 0 radical (unpaired) electrons. The van der Waals surface area contributed by atoms with Gasteiger partial charge in [0.15, 0.2) is 12.4 Å². The SMILES string of the molecule is O=C(O)[C+]1N=CC=N1. The Bertz CT molecular complexity index is 149. The van der Waals surface area contributed by atoms with Crippen LogP contribution in [-0.2, 0) is 4.79 Å². The highest BCUT2D eigenvalue weighted by atomic mass is 16.4. The fourth-order valence-electron chi connectivity index (χ4n) is 0.352. The summed E-state index contributed by atoms with van der Waals surface area (Å²) in [6.07, 6.45) is 2.53. The smallest absolute Gasteiger partial charge is 0.433 e. The molecule has 0 unspecified atom stereocenters. The normalized spacial score (nSPS) is 15.2. The van der Waals surface area contributed by atoms with Crippen molar-refractivity contribution in [3.8, 4) is 0 Å². The lowest BCUT2D eigenvalue weighted by molar-refractivity contribution is -0.134. The maximum Gasteiger partial charge on any atom is 0.433 e. The van der Waals surface area contributed by atoms with Crippen LogP contribution >= 0.6 is 0 Å². The summed E-state index contributed by atoms with van der Waals surface area (Å²) in [5.41, 5.74) is 0. The van der Waals surface area contributed by atoms with Crippen molar-refractivity contribution in [2.75, 3.05) is 0 Å². The van der Waals surface area contributed by atoms with E-state index in [1.54, 1.807) is 0 Å². The summed E-state index contributed by atoms with van der Waals surface area (Å²) >= 11 is 0. The van der Waals surface area contributed by atoms with Gasteiger partial charge in [-0.3, -0.25) is 0 Å². The third kappa shape index (κ3) is 0.676. The number of hydrogen-bond acceptors (Lipinski definition) is 3. The summed E-state index contributed by atoms with van der Waals surface area (Å²) in [6, 6.07) is 0. The van der Waals surface area contributed by atoms with Crippen molar-refractivity contribution < 1.29 is 9.90 Å². The number of hydrogen-bond donors (Lipinski definition) is 1. The molecule has 1 rings (SSSR count). The fourth-order valence-corrected chi connectivity index (χ4v) is 0.352. The Hall–Kier alpha value is -1.32. The zero-order chi connectivity index (χ0) is 5.98. The van der Waals surface area contributed by atoms with Crippen molar-refractivity contribution in [3.05, 3.63) is 6.17 Å². The first-order valence-corrected chi connectivity index (χ1v) is 1.97. The van der Waals surface area contributed by atoms with Crippen LogP contribution in [0.1, 0.15) is 0 Å². The molecule has 0 spiro atoms. The van der Waals surface area contributed by atoms with Crippen LogP contribution in [0.2, 0.25) is 0 Å². The zero-order valence-corrected chi connectivity index (χ0v) is 3.90. The van der Waals surface area contributed by atoms with Crippen LogP contribution in [-0.4, -0.2) is 23.5 Å². The summed E-state index contributed by atoms with van der Waals surface area (Å²) in [5, 5.41) is 8.15. The highest BCUT2D eigenvalue weighted by Gasteiger charge is 2.25. The molecule has 0 amide bonds. The topological polar surface area (TPSA) is 62.0 Å². The average molecular weight is 111 g/mol. The predicted molar refractivity (Wildman–Crippen MR) is 27.9 cm³/mol. The lowest BCUT2D eigenvalue weighted by atomic mass is 10.6. The first-order valence-electron chi connectivity index (χ1n) is 1.97. The standard InChI is InChI=1S/C4H2N2O2/c7-4(8)3-5-1-2-6-3/h1-2H/p+1. The Kier molecular flexibility index (Phi) is 0.997. The van der Waals surface area contributed by atoms with Crippen LogP contribution in [0.15, 0.2) is 9.98 Å². The molecule has 1 aliphatic rings. The Balaban J connectivity index is 2.62. The molecule has 0 aliphatic carbocycles. The molecule has 0 fully saturated rings. The van der Waals surface area contributed by atoms with E-state index < -0.39 is 5.97 Å². The highest BCUT2D eigenvalue weighted by molar-refractivity contribution is 6.19. The lowest BCUT2D eigenvalue weighted by Gasteiger charge is -1.80. The molecule has 40 valence electrons.